The molecule has 7 heteroatoms. The number of esters is 1. The van der Waals surface area contributed by atoms with E-state index in [0.717, 1.165) is 0 Å². The van der Waals surface area contributed by atoms with Crippen molar-refractivity contribution in [3.8, 4) is 0 Å². The summed E-state index contributed by atoms with van der Waals surface area (Å²) in [6.45, 7) is 5.22. The highest BCUT2D eigenvalue weighted by Gasteiger charge is 2.55. The van der Waals surface area contributed by atoms with Crippen molar-refractivity contribution in [1.29, 1.82) is 0 Å². The largest absolute Gasteiger partial charge is 0.464 e. The molecular weight excluding hydrogens is 256 g/mol. The lowest BCUT2D eigenvalue weighted by Crippen LogP contribution is -2.38. The van der Waals surface area contributed by atoms with Gasteiger partial charge in [-0.3, -0.25) is 0 Å². The van der Waals surface area contributed by atoms with Gasteiger partial charge in [-0.2, -0.15) is 0 Å². The van der Waals surface area contributed by atoms with E-state index in [2.05, 4.69) is 0 Å². The van der Waals surface area contributed by atoms with Gasteiger partial charge in [-0.05, 0) is 20.8 Å². The van der Waals surface area contributed by atoms with Crippen LogP contribution in [0.2, 0.25) is 0 Å². The maximum Gasteiger partial charge on any atom is 0.332 e. The number of hydrogen-bond acceptors (Lipinski definition) is 7. The Kier molecular flexibility index (Phi) is 4.19. The molecule has 2 aliphatic heterocycles. The number of carbonyl (C=O) groups excluding carboxylic acids is 2. The Morgan fingerprint density at radius 2 is 2.11 bits per heavy atom. The lowest BCUT2D eigenvalue weighted by atomic mass is 10.1. The van der Waals surface area contributed by atoms with Crippen molar-refractivity contribution in [1.82, 2.24) is 0 Å². The summed E-state index contributed by atoms with van der Waals surface area (Å²) >= 11 is 0. The van der Waals surface area contributed by atoms with Crippen molar-refractivity contribution < 1.29 is 33.3 Å². The quantitative estimate of drug-likeness (QED) is 0.516. The van der Waals surface area contributed by atoms with Crippen molar-refractivity contribution in [2.24, 2.45) is 0 Å². The van der Waals surface area contributed by atoms with Gasteiger partial charge in [0.05, 0.1) is 6.61 Å². The zero-order chi connectivity index (χ0) is 14.0. The van der Waals surface area contributed by atoms with Gasteiger partial charge in [0.2, 0.25) is 0 Å². The molecule has 0 aliphatic carbocycles. The van der Waals surface area contributed by atoms with E-state index in [1.165, 1.54) is 0 Å². The third-order valence-corrected chi connectivity index (χ3v) is 2.86. The molecule has 0 bridgehead atoms. The summed E-state index contributed by atoms with van der Waals surface area (Å²) in [6.07, 6.45) is -2.04. The SMILES string of the molecule is CCOC(=O)CO[C@H]1[C@H]2OC(C)(C)O[C@H]2O[C@H]1C=O. The van der Waals surface area contributed by atoms with Gasteiger partial charge in [0.25, 0.3) is 0 Å². The lowest BCUT2D eigenvalue weighted by Gasteiger charge is -2.23. The minimum atomic E-state index is -0.805. The molecule has 2 rings (SSSR count). The molecular formula is C12H18O7. The Morgan fingerprint density at radius 1 is 1.37 bits per heavy atom. The van der Waals surface area contributed by atoms with Gasteiger partial charge in [0.15, 0.2) is 18.4 Å². The van der Waals surface area contributed by atoms with Gasteiger partial charge in [-0.1, -0.05) is 0 Å². The zero-order valence-corrected chi connectivity index (χ0v) is 11.2. The second-order valence-electron chi connectivity index (χ2n) is 4.79. The molecule has 7 nitrogen and oxygen atoms in total. The molecule has 0 amide bonds. The van der Waals surface area contributed by atoms with Crippen molar-refractivity contribution in [3.05, 3.63) is 0 Å². The fraction of sp³-hybridized carbons (Fsp3) is 0.833. The van der Waals surface area contributed by atoms with Gasteiger partial charge in [-0.15, -0.1) is 0 Å². The maximum atomic E-state index is 11.3. The van der Waals surface area contributed by atoms with E-state index >= 15 is 0 Å². The predicted molar refractivity (Wildman–Crippen MR) is 61.1 cm³/mol. The summed E-state index contributed by atoms with van der Waals surface area (Å²) in [4.78, 5) is 22.2. The third-order valence-electron chi connectivity index (χ3n) is 2.86. The molecule has 2 aliphatic rings. The molecule has 2 fully saturated rings. The molecule has 0 aromatic carbocycles. The molecule has 0 aromatic rings. The molecule has 0 unspecified atom stereocenters. The molecule has 108 valence electrons. The van der Waals surface area contributed by atoms with Gasteiger partial charge in [0.1, 0.15) is 24.9 Å². The minimum Gasteiger partial charge on any atom is -0.464 e. The normalized spacial score (nSPS) is 35.9. The van der Waals surface area contributed by atoms with Crippen LogP contribution in [0.5, 0.6) is 0 Å². The van der Waals surface area contributed by atoms with E-state index in [0.29, 0.717) is 6.29 Å². The lowest BCUT2D eigenvalue weighted by molar-refractivity contribution is -0.215. The van der Waals surface area contributed by atoms with Crippen molar-refractivity contribution in [2.75, 3.05) is 13.2 Å². The Bertz CT molecular complexity index is 354. The average Bonchev–Trinajstić information content (AvgIpc) is 2.78. The van der Waals surface area contributed by atoms with Gasteiger partial charge < -0.3 is 28.5 Å². The van der Waals surface area contributed by atoms with E-state index in [4.69, 9.17) is 23.7 Å². The maximum absolute atomic E-state index is 11.3. The fourth-order valence-electron chi connectivity index (χ4n) is 2.17. The molecule has 19 heavy (non-hydrogen) atoms. The van der Waals surface area contributed by atoms with E-state index < -0.39 is 36.4 Å². The highest BCUT2D eigenvalue weighted by atomic mass is 16.8. The molecule has 0 saturated carbocycles. The second-order valence-corrected chi connectivity index (χ2v) is 4.79. The number of carbonyl (C=O) groups is 2. The molecule has 4 atom stereocenters. The first kappa shape index (κ1) is 14.4. The van der Waals surface area contributed by atoms with Gasteiger partial charge in [0, 0.05) is 0 Å². The number of rotatable bonds is 5. The van der Waals surface area contributed by atoms with Crippen LogP contribution in [0.15, 0.2) is 0 Å². The van der Waals surface area contributed by atoms with Crippen LogP contribution in [0.3, 0.4) is 0 Å². The van der Waals surface area contributed by atoms with Crippen LogP contribution in [0.4, 0.5) is 0 Å². The molecule has 2 saturated heterocycles. The van der Waals surface area contributed by atoms with E-state index in [-0.39, 0.29) is 13.2 Å². The van der Waals surface area contributed by atoms with Crippen LogP contribution in [0.25, 0.3) is 0 Å². The Morgan fingerprint density at radius 3 is 2.74 bits per heavy atom. The predicted octanol–water partition coefficient (Wildman–Crippen LogP) is 0.01000. The van der Waals surface area contributed by atoms with Crippen molar-refractivity contribution >= 4 is 12.3 Å². The minimum absolute atomic E-state index is 0.251. The van der Waals surface area contributed by atoms with Gasteiger partial charge in [-0.25, -0.2) is 4.79 Å². The van der Waals surface area contributed by atoms with Crippen LogP contribution in [-0.2, 0) is 33.3 Å². The number of ether oxygens (including phenoxy) is 5. The first-order chi connectivity index (χ1) is 8.96. The third kappa shape index (κ3) is 3.11. The Labute approximate surface area is 111 Å². The summed E-state index contributed by atoms with van der Waals surface area (Å²) in [5.74, 6) is -1.29. The van der Waals surface area contributed by atoms with E-state index in [9.17, 15) is 9.59 Å². The van der Waals surface area contributed by atoms with Gasteiger partial charge >= 0.3 is 5.97 Å². The summed E-state index contributed by atoms with van der Waals surface area (Å²) in [6, 6.07) is 0. The van der Waals surface area contributed by atoms with Crippen LogP contribution < -0.4 is 0 Å². The number of aldehydes is 1. The Balaban J connectivity index is 1.96. The summed E-state index contributed by atoms with van der Waals surface area (Å²) in [5, 5.41) is 0. The molecule has 0 N–H and O–H groups in total. The van der Waals surface area contributed by atoms with Crippen LogP contribution in [-0.4, -0.2) is 55.9 Å². The Hall–Kier alpha value is -1.02. The topological polar surface area (TPSA) is 80.3 Å². The summed E-state index contributed by atoms with van der Waals surface area (Å²) in [5.41, 5.74) is 0. The fourth-order valence-corrected chi connectivity index (χ4v) is 2.17. The highest BCUT2D eigenvalue weighted by molar-refractivity contribution is 5.70. The zero-order valence-electron chi connectivity index (χ0n) is 11.2. The standard InChI is InChI=1S/C12H18O7/c1-4-15-8(14)6-16-9-7(5-13)17-11-10(9)18-12(2,3)19-11/h5,7,9-11H,4,6H2,1-3H3/t7-,9+,10+,11+/m0/s1. The summed E-state index contributed by atoms with van der Waals surface area (Å²) < 4.78 is 26.6. The van der Waals surface area contributed by atoms with Crippen molar-refractivity contribution in [3.63, 3.8) is 0 Å². The number of fused-ring (bicyclic) bond motifs is 1. The monoisotopic (exact) mass is 274 g/mol. The highest BCUT2D eigenvalue weighted by Crippen LogP contribution is 2.38. The molecule has 2 heterocycles. The molecule has 0 aromatic heterocycles. The second kappa shape index (κ2) is 5.54. The van der Waals surface area contributed by atoms with Crippen molar-refractivity contribution in [2.45, 2.75) is 51.2 Å². The first-order valence-electron chi connectivity index (χ1n) is 6.20. The first-order valence-corrected chi connectivity index (χ1v) is 6.20. The van der Waals surface area contributed by atoms with Crippen LogP contribution in [0, 0.1) is 0 Å². The van der Waals surface area contributed by atoms with Crippen LogP contribution in [0.1, 0.15) is 20.8 Å². The summed E-state index contributed by atoms with van der Waals surface area (Å²) in [7, 11) is 0. The smallest absolute Gasteiger partial charge is 0.332 e. The average molecular weight is 274 g/mol. The van der Waals surface area contributed by atoms with Crippen LogP contribution >= 0.6 is 0 Å². The van der Waals surface area contributed by atoms with E-state index in [1.54, 1.807) is 20.8 Å². The van der Waals surface area contributed by atoms with E-state index in [1.807, 2.05) is 0 Å². The molecule has 0 spiro atoms. The number of hydrogen-bond donors (Lipinski definition) is 0. The molecule has 0 radical (unpaired) electrons.